The lowest BCUT2D eigenvalue weighted by Gasteiger charge is -2.30. The molecule has 3 atom stereocenters. The molecule has 2 amide bonds. The summed E-state index contributed by atoms with van der Waals surface area (Å²) in [6, 6.07) is 9.64. The number of para-hydroxylation sites is 1. The van der Waals surface area contributed by atoms with Crippen molar-refractivity contribution in [2.45, 2.75) is 36.2 Å². The molecule has 5 rings (SSSR count). The molecule has 1 N–H and O–H groups in total. The van der Waals surface area contributed by atoms with E-state index in [-0.39, 0.29) is 10.8 Å². The third kappa shape index (κ3) is 4.49. The van der Waals surface area contributed by atoms with Gasteiger partial charge in [0.1, 0.15) is 5.25 Å². The highest BCUT2D eigenvalue weighted by Crippen LogP contribution is 2.54. The number of benzene rings is 2. The molecule has 200 valence electrons. The summed E-state index contributed by atoms with van der Waals surface area (Å²) in [5.74, 6) is -2.13. The number of thioether (sulfide) groups is 1. The average molecular weight is 565 g/mol. The van der Waals surface area contributed by atoms with Gasteiger partial charge < -0.3 is 14.5 Å². The van der Waals surface area contributed by atoms with Crippen molar-refractivity contribution in [3.63, 3.8) is 0 Å². The molecule has 0 radical (unpaired) electrons. The van der Waals surface area contributed by atoms with Gasteiger partial charge in [0, 0.05) is 10.8 Å². The minimum atomic E-state index is -4.76. The van der Waals surface area contributed by atoms with Gasteiger partial charge in [0.15, 0.2) is 11.5 Å². The molecular formula is C26H23F3N2O5S2. The molecule has 12 heteroatoms. The second-order valence-corrected chi connectivity index (χ2v) is 11.6. The molecule has 3 aromatic rings. The minimum Gasteiger partial charge on any atom is -0.493 e. The number of anilines is 1. The molecular weight excluding hydrogens is 541 g/mol. The van der Waals surface area contributed by atoms with Gasteiger partial charge in [-0.2, -0.15) is 13.2 Å². The van der Waals surface area contributed by atoms with Crippen molar-refractivity contribution < 1.29 is 32.2 Å². The number of fused-ring (bicyclic) bond motifs is 2. The summed E-state index contributed by atoms with van der Waals surface area (Å²) in [5.41, 5.74) is -0.994. The summed E-state index contributed by atoms with van der Waals surface area (Å²) in [7, 11) is 1.47. The van der Waals surface area contributed by atoms with Crippen molar-refractivity contribution in [2.24, 2.45) is 11.8 Å². The number of aromatic nitrogens is 1. The highest BCUT2D eigenvalue weighted by Gasteiger charge is 2.57. The quantitative estimate of drug-likeness (QED) is 0.409. The Hall–Kier alpha value is -3.25. The number of methoxy groups -OCH3 is 1. The number of nitrogens with zero attached hydrogens (tertiary/aromatic N) is 1. The predicted octanol–water partition coefficient (Wildman–Crippen LogP) is 5.29. The normalized spacial score (nSPS) is 21.0. The maximum atomic E-state index is 13.8. The topological polar surface area (TPSA) is 88.7 Å². The van der Waals surface area contributed by atoms with Crippen molar-refractivity contribution in [2.75, 3.05) is 18.6 Å². The second kappa shape index (κ2) is 9.81. The number of hydrogen-bond acceptors (Lipinski definition) is 7. The monoisotopic (exact) mass is 564 g/mol. The Morgan fingerprint density at radius 1 is 1.05 bits per heavy atom. The zero-order chi connectivity index (χ0) is 27.4. The molecule has 1 aromatic heterocycles. The molecule has 1 saturated heterocycles. The third-order valence-electron chi connectivity index (χ3n) is 6.39. The van der Waals surface area contributed by atoms with Crippen LogP contribution in [-0.2, 0) is 15.8 Å². The number of halogens is 3. The number of aromatic amines is 1. The molecule has 2 aliphatic heterocycles. The summed E-state index contributed by atoms with van der Waals surface area (Å²) in [4.78, 5) is 43.2. The van der Waals surface area contributed by atoms with Crippen LogP contribution in [0.3, 0.4) is 0 Å². The van der Waals surface area contributed by atoms with Gasteiger partial charge in [-0.15, -0.1) is 0 Å². The second-order valence-electron chi connectivity index (χ2n) is 9.39. The van der Waals surface area contributed by atoms with Gasteiger partial charge in [-0.3, -0.25) is 14.4 Å². The first kappa shape index (κ1) is 26.4. The summed E-state index contributed by atoms with van der Waals surface area (Å²) in [6.07, 6.45) is -4.76. The minimum absolute atomic E-state index is 0.267. The molecule has 2 aromatic carbocycles. The number of alkyl halides is 3. The SMILES string of the molecule is COc1cc([C@@H]2c3sc(=O)[nH]c3S[C@H]3C(=O)N(c4ccccc4C(F)(F)F)C(=O)[C@@H]23)ccc1OCC(C)C. The molecule has 0 saturated carbocycles. The van der Waals surface area contributed by atoms with Gasteiger partial charge in [0.25, 0.3) is 0 Å². The largest absolute Gasteiger partial charge is 0.493 e. The van der Waals surface area contributed by atoms with E-state index in [0.717, 1.165) is 35.2 Å². The number of amides is 2. The molecule has 38 heavy (non-hydrogen) atoms. The molecule has 7 nitrogen and oxygen atoms in total. The van der Waals surface area contributed by atoms with E-state index in [4.69, 9.17) is 9.47 Å². The number of thiazole rings is 1. The number of ether oxygens (including phenoxy) is 2. The zero-order valence-corrected chi connectivity index (χ0v) is 22.1. The Morgan fingerprint density at radius 2 is 1.79 bits per heavy atom. The summed E-state index contributed by atoms with van der Waals surface area (Å²) in [6.45, 7) is 4.45. The van der Waals surface area contributed by atoms with Gasteiger partial charge >= 0.3 is 11.0 Å². The summed E-state index contributed by atoms with van der Waals surface area (Å²) < 4.78 is 52.7. The lowest BCUT2D eigenvalue weighted by Crippen LogP contribution is -2.33. The van der Waals surface area contributed by atoms with Crippen molar-refractivity contribution in [1.82, 2.24) is 4.98 Å². The van der Waals surface area contributed by atoms with Crippen molar-refractivity contribution in [3.8, 4) is 11.5 Å². The van der Waals surface area contributed by atoms with Crippen LogP contribution in [0.25, 0.3) is 0 Å². The van der Waals surface area contributed by atoms with Crippen molar-refractivity contribution in [3.05, 3.63) is 68.1 Å². The first-order valence-electron chi connectivity index (χ1n) is 11.8. The number of imide groups is 1. The van der Waals surface area contributed by atoms with E-state index in [9.17, 15) is 27.6 Å². The van der Waals surface area contributed by atoms with E-state index < -0.39 is 46.3 Å². The van der Waals surface area contributed by atoms with Crippen LogP contribution >= 0.6 is 23.1 Å². The van der Waals surface area contributed by atoms with Crippen LogP contribution in [0.2, 0.25) is 0 Å². The van der Waals surface area contributed by atoms with Gasteiger partial charge in [0.2, 0.25) is 11.8 Å². The van der Waals surface area contributed by atoms with Gasteiger partial charge in [-0.25, -0.2) is 4.90 Å². The van der Waals surface area contributed by atoms with Crippen LogP contribution in [0.1, 0.15) is 35.8 Å². The lowest BCUT2D eigenvalue weighted by molar-refractivity contribution is -0.137. The van der Waals surface area contributed by atoms with Crippen LogP contribution in [0.15, 0.2) is 52.3 Å². The molecule has 0 spiro atoms. The molecule has 1 fully saturated rings. The van der Waals surface area contributed by atoms with E-state index in [0.29, 0.717) is 38.5 Å². The first-order chi connectivity index (χ1) is 18.0. The van der Waals surface area contributed by atoms with E-state index in [1.807, 2.05) is 13.8 Å². The van der Waals surface area contributed by atoms with Gasteiger partial charge in [-0.1, -0.05) is 55.1 Å². The summed E-state index contributed by atoms with van der Waals surface area (Å²) >= 11 is 1.92. The standard InChI is InChI=1S/C26H23F3N2O5S2/c1-12(2)11-36-16-9-8-13(10-17(16)35-3)18-19-21(37-22-20(18)38-25(34)30-22)24(33)31(23(19)32)15-7-5-4-6-14(15)26(27,28)29/h4-10,12,18-19,21H,11H2,1-3H3,(H,30,34)/t18-,19-,21+/m0/s1. The smallest absolute Gasteiger partial charge is 0.418 e. The van der Waals surface area contributed by atoms with E-state index >= 15 is 0 Å². The Kier molecular flexibility index (Phi) is 6.80. The number of H-pyrrole nitrogens is 1. The lowest BCUT2D eigenvalue weighted by atomic mass is 9.83. The third-order valence-corrected chi connectivity index (χ3v) is 8.79. The van der Waals surface area contributed by atoms with Crippen LogP contribution < -0.4 is 19.2 Å². The Balaban J connectivity index is 1.62. The Bertz CT molecular complexity index is 1470. The molecule has 3 heterocycles. The molecule has 0 bridgehead atoms. The fraction of sp³-hybridized carbons (Fsp3) is 0.346. The fourth-order valence-corrected chi connectivity index (χ4v) is 7.29. The maximum Gasteiger partial charge on any atom is 0.418 e. The number of nitrogens with one attached hydrogen (secondary N) is 1. The van der Waals surface area contributed by atoms with Crippen LogP contribution in [0.5, 0.6) is 11.5 Å². The first-order valence-corrected chi connectivity index (χ1v) is 13.4. The van der Waals surface area contributed by atoms with Crippen LogP contribution in [-0.4, -0.2) is 35.8 Å². The molecule has 2 aliphatic rings. The van der Waals surface area contributed by atoms with Crippen LogP contribution in [0, 0.1) is 11.8 Å². The van der Waals surface area contributed by atoms with Crippen molar-refractivity contribution >= 4 is 40.6 Å². The molecule has 0 unspecified atom stereocenters. The van der Waals surface area contributed by atoms with E-state index in [1.165, 1.54) is 19.2 Å². The van der Waals surface area contributed by atoms with Crippen LogP contribution in [0.4, 0.5) is 18.9 Å². The zero-order valence-electron chi connectivity index (χ0n) is 20.5. The number of carbonyl (C=O) groups excluding carboxylic acids is 2. The number of carbonyl (C=O) groups is 2. The maximum absolute atomic E-state index is 13.8. The highest BCUT2D eigenvalue weighted by molar-refractivity contribution is 8.00. The highest BCUT2D eigenvalue weighted by atomic mass is 32.2. The van der Waals surface area contributed by atoms with E-state index in [2.05, 4.69) is 4.98 Å². The number of rotatable bonds is 6. The summed E-state index contributed by atoms with van der Waals surface area (Å²) in [5, 5.41) is -0.591. The van der Waals surface area contributed by atoms with Gasteiger partial charge in [-0.05, 0) is 35.7 Å². The fourth-order valence-electron chi connectivity index (χ4n) is 4.78. The average Bonchev–Trinajstić information content (AvgIpc) is 3.36. The number of hydrogen-bond donors (Lipinski definition) is 1. The predicted molar refractivity (Wildman–Crippen MR) is 137 cm³/mol. The van der Waals surface area contributed by atoms with E-state index in [1.54, 1.807) is 18.2 Å². The van der Waals surface area contributed by atoms with Gasteiger partial charge in [0.05, 0.1) is 35.9 Å². The molecule has 0 aliphatic carbocycles. The Labute approximate surface area is 223 Å². The van der Waals surface area contributed by atoms with Crippen molar-refractivity contribution in [1.29, 1.82) is 0 Å². The Morgan fingerprint density at radius 3 is 2.47 bits per heavy atom.